The summed E-state index contributed by atoms with van der Waals surface area (Å²) in [4.78, 5) is 12.6. The number of amidine groups is 1. The van der Waals surface area contributed by atoms with Crippen molar-refractivity contribution in [2.45, 2.75) is 32.4 Å². The molecule has 1 atom stereocenters. The Morgan fingerprint density at radius 2 is 2.00 bits per heavy atom. The highest BCUT2D eigenvalue weighted by atomic mass is 35.5. The van der Waals surface area contributed by atoms with Gasteiger partial charge in [0.1, 0.15) is 5.75 Å². The second kappa shape index (κ2) is 8.02. The molecule has 0 spiro atoms. The topological polar surface area (TPSA) is 51.9 Å². The standard InChI is InChI=1S/C25H25ClN4O2/c1-17-15-29(16-27-17)22-11-6-18(14-23(22)31-3)13-19-5-4-12-30-24(19)28-32-25(30,2)20-7-9-21(26)10-8-20/h6-11,13-16H,4-5,12H2,1-3H3/b19-13-. The summed E-state index contributed by atoms with van der Waals surface area (Å²) in [5.41, 5.74) is 4.52. The van der Waals surface area contributed by atoms with E-state index in [9.17, 15) is 0 Å². The van der Waals surface area contributed by atoms with E-state index in [0.29, 0.717) is 5.02 Å². The number of methoxy groups -OCH3 is 1. The van der Waals surface area contributed by atoms with E-state index in [-0.39, 0.29) is 0 Å². The Kier molecular flexibility index (Phi) is 5.18. The van der Waals surface area contributed by atoms with Crippen LogP contribution in [0.1, 0.15) is 36.6 Å². The second-order valence-electron chi connectivity index (χ2n) is 8.27. The summed E-state index contributed by atoms with van der Waals surface area (Å²) in [6, 6.07) is 14.0. The Balaban J connectivity index is 1.45. The highest BCUT2D eigenvalue weighted by Gasteiger charge is 2.45. The first-order chi connectivity index (χ1) is 15.5. The van der Waals surface area contributed by atoms with Crippen LogP contribution in [-0.2, 0) is 10.6 Å². The Bertz CT molecular complexity index is 1210. The summed E-state index contributed by atoms with van der Waals surface area (Å²) < 4.78 is 7.64. The van der Waals surface area contributed by atoms with Crippen LogP contribution in [0.2, 0.25) is 5.02 Å². The van der Waals surface area contributed by atoms with Gasteiger partial charge in [0.2, 0.25) is 5.72 Å². The number of nitrogens with zero attached hydrogens (tertiary/aromatic N) is 4. The zero-order valence-corrected chi connectivity index (χ0v) is 19.1. The van der Waals surface area contributed by atoms with Gasteiger partial charge in [-0.3, -0.25) is 0 Å². The predicted octanol–water partition coefficient (Wildman–Crippen LogP) is 5.54. The average molecular weight is 449 g/mol. The summed E-state index contributed by atoms with van der Waals surface area (Å²) >= 11 is 6.08. The lowest BCUT2D eigenvalue weighted by atomic mass is 9.95. The molecule has 0 N–H and O–H groups in total. The number of hydrogen-bond acceptors (Lipinski definition) is 5. The van der Waals surface area contributed by atoms with Gasteiger partial charge < -0.3 is 19.0 Å². The van der Waals surface area contributed by atoms with Crippen molar-refractivity contribution < 1.29 is 9.57 Å². The fourth-order valence-electron chi connectivity index (χ4n) is 4.38. The molecule has 3 aromatic rings. The first kappa shape index (κ1) is 20.6. The van der Waals surface area contributed by atoms with E-state index in [1.807, 2.05) is 48.0 Å². The van der Waals surface area contributed by atoms with Crippen LogP contribution < -0.4 is 4.74 Å². The van der Waals surface area contributed by atoms with Gasteiger partial charge in [-0.1, -0.05) is 35.0 Å². The minimum absolute atomic E-state index is 0.639. The number of imidazole rings is 1. The van der Waals surface area contributed by atoms with E-state index in [1.165, 1.54) is 0 Å². The van der Waals surface area contributed by atoms with Crippen molar-refractivity contribution in [3.05, 3.63) is 82.4 Å². The maximum absolute atomic E-state index is 6.08. The van der Waals surface area contributed by atoms with E-state index >= 15 is 0 Å². The van der Waals surface area contributed by atoms with Crippen LogP contribution >= 0.6 is 11.6 Å². The van der Waals surface area contributed by atoms with Gasteiger partial charge in [0.25, 0.3) is 0 Å². The number of hydrogen-bond donors (Lipinski definition) is 0. The molecule has 1 saturated heterocycles. The Morgan fingerprint density at radius 3 is 2.72 bits per heavy atom. The van der Waals surface area contributed by atoms with E-state index in [1.54, 1.807) is 13.4 Å². The van der Waals surface area contributed by atoms with Crippen molar-refractivity contribution in [2.75, 3.05) is 13.7 Å². The van der Waals surface area contributed by atoms with Crippen molar-refractivity contribution in [3.63, 3.8) is 0 Å². The fraction of sp³-hybridized carbons (Fsp3) is 0.280. The molecular weight excluding hydrogens is 424 g/mol. The van der Waals surface area contributed by atoms with Crippen LogP contribution in [0.3, 0.4) is 0 Å². The number of piperidine rings is 1. The summed E-state index contributed by atoms with van der Waals surface area (Å²) in [6.45, 7) is 4.91. The van der Waals surface area contributed by atoms with E-state index in [2.05, 4.69) is 40.2 Å². The molecule has 0 aliphatic carbocycles. The van der Waals surface area contributed by atoms with Gasteiger partial charge in [-0.15, -0.1) is 0 Å². The minimum Gasteiger partial charge on any atom is -0.495 e. The molecule has 0 radical (unpaired) electrons. The van der Waals surface area contributed by atoms with Gasteiger partial charge in [-0.05, 0) is 61.2 Å². The summed E-state index contributed by atoms with van der Waals surface area (Å²) in [5, 5.41) is 5.20. The number of aryl methyl sites for hydroxylation is 1. The molecule has 1 fully saturated rings. The summed E-state index contributed by atoms with van der Waals surface area (Å²) in [6.07, 6.45) is 7.93. The molecule has 164 valence electrons. The molecule has 1 aromatic heterocycles. The third-order valence-electron chi connectivity index (χ3n) is 6.11. The molecule has 0 saturated carbocycles. The van der Waals surface area contributed by atoms with Gasteiger partial charge in [-0.2, -0.15) is 0 Å². The smallest absolute Gasteiger partial charge is 0.234 e. The molecule has 2 aliphatic rings. The number of ether oxygens (including phenoxy) is 1. The zero-order chi connectivity index (χ0) is 22.3. The first-order valence-corrected chi connectivity index (χ1v) is 11.1. The molecule has 7 heteroatoms. The number of halogens is 1. The van der Waals surface area contributed by atoms with Crippen LogP contribution in [0, 0.1) is 6.92 Å². The van der Waals surface area contributed by atoms with Gasteiger partial charge in [0.05, 0.1) is 24.8 Å². The lowest BCUT2D eigenvalue weighted by molar-refractivity contribution is -0.0912. The molecule has 0 amide bonds. The van der Waals surface area contributed by atoms with Crippen LogP contribution in [0.4, 0.5) is 0 Å². The van der Waals surface area contributed by atoms with E-state index in [4.69, 9.17) is 21.2 Å². The SMILES string of the molecule is COc1cc(/C=C2/CCCN3C2=NOC3(C)c2ccc(Cl)cc2)ccc1-n1cnc(C)c1. The number of rotatable bonds is 4. The molecule has 2 aliphatic heterocycles. The maximum atomic E-state index is 6.08. The van der Waals surface area contributed by atoms with Crippen molar-refractivity contribution in [3.8, 4) is 11.4 Å². The highest BCUT2D eigenvalue weighted by Crippen LogP contribution is 2.40. The fourth-order valence-corrected chi connectivity index (χ4v) is 4.51. The summed E-state index contributed by atoms with van der Waals surface area (Å²) in [5.74, 6) is 1.68. The summed E-state index contributed by atoms with van der Waals surface area (Å²) in [7, 11) is 1.69. The highest BCUT2D eigenvalue weighted by molar-refractivity contribution is 6.30. The molecule has 1 unspecified atom stereocenters. The van der Waals surface area contributed by atoms with Crippen molar-refractivity contribution in [2.24, 2.45) is 5.16 Å². The van der Waals surface area contributed by atoms with Crippen LogP contribution in [0.15, 0.2) is 65.7 Å². The lowest BCUT2D eigenvalue weighted by Gasteiger charge is -2.37. The van der Waals surface area contributed by atoms with Crippen LogP contribution in [-0.4, -0.2) is 33.9 Å². The third kappa shape index (κ3) is 3.54. The minimum atomic E-state index is -0.639. The average Bonchev–Trinajstić information content (AvgIpc) is 3.39. The zero-order valence-electron chi connectivity index (χ0n) is 18.4. The van der Waals surface area contributed by atoms with Crippen molar-refractivity contribution in [1.82, 2.24) is 14.5 Å². The van der Waals surface area contributed by atoms with Crippen molar-refractivity contribution >= 4 is 23.5 Å². The largest absolute Gasteiger partial charge is 0.495 e. The number of fused-ring (bicyclic) bond motifs is 1. The van der Waals surface area contributed by atoms with Crippen molar-refractivity contribution in [1.29, 1.82) is 0 Å². The molecule has 5 rings (SSSR count). The first-order valence-electron chi connectivity index (χ1n) is 10.7. The van der Waals surface area contributed by atoms with Gasteiger partial charge in [0.15, 0.2) is 5.84 Å². The second-order valence-corrected chi connectivity index (χ2v) is 8.71. The van der Waals surface area contributed by atoms with Crippen LogP contribution in [0.25, 0.3) is 11.8 Å². The van der Waals surface area contributed by atoms with E-state index < -0.39 is 5.72 Å². The molecule has 3 heterocycles. The number of oxime groups is 1. The quantitative estimate of drug-likeness (QED) is 0.526. The van der Waals surface area contributed by atoms with Gasteiger partial charge in [-0.25, -0.2) is 4.98 Å². The molecule has 0 bridgehead atoms. The third-order valence-corrected chi connectivity index (χ3v) is 6.36. The van der Waals surface area contributed by atoms with E-state index in [0.717, 1.165) is 59.1 Å². The molecule has 6 nitrogen and oxygen atoms in total. The predicted molar refractivity (Wildman–Crippen MR) is 126 cm³/mol. The number of aromatic nitrogens is 2. The normalized spacial score (nSPS) is 21.3. The van der Waals surface area contributed by atoms with Crippen LogP contribution in [0.5, 0.6) is 5.75 Å². The number of benzene rings is 2. The van der Waals surface area contributed by atoms with Gasteiger partial charge in [0, 0.05) is 30.3 Å². The monoisotopic (exact) mass is 448 g/mol. The Labute approximate surface area is 192 Å². The molecular formula is C25H25ClN4O2. The maximum Gasteiger partial charge on any atom is 0.234 e. The Morgan fingerprint density at radius 1 is 1.19 bits per heavy atom. The van der Waals surface area contributed by atoms with Gasteiger partial charge >= 0.3 is 0 Å². The molecule has 32 heavy (non-hydrogen) atoms. The lowest BCUT2D eigenvalue weighted by Crippen LogP contribution is -2.46. The Hall–Kier alpha value is -3.25. The molecule has 2 aromatic carbocycles.